The number of rotatable bonds is 8. The van der Waals surface area contributed by atoms with E-state index in [0.29, 0.717) is 18.6 Å². The molecule has 1 aromatic rings. The van der Waals surface area contributed by atoms with Gasteiger partial charge in [0.05, 0.1) is 25.5 Å². The summed E-state index contributed by atoms with van der Waals surface area (Å²) in [7, 11) is 0. The van der Waals surface area contributed by atoms with Gasteiger partial charge in [0, 0.05) is 49.7 Å². The van der Waals surface area contributed by atoms with E-state index in [1.54, 1.807) is 6.20 Å². The average Bonchev–Trinajstić information content (AvgIpc) is 2.50. The highest BCUT2D eigenvalue weighted by molar-refractivity contribution is 5.23. The van der Waals surface area contributed by atoms with E-state index in [-0.39, 0.29) is 17.2 Å². The number of aromatic nitrogens is 1. The number of hydrogen-bond donors (Lipinski definition) is 0. The second-order valence-corrected chi connectivity index (χ2v) is 9.92. The van der Waals surface area contributed by atoms with Gasteiger partial charge in [0.15, 0.2) is 0 Å². The van der Waals surface area contributed by atoms with Gasteiger partial charge < -0.3 is 14.2 Å². The molecule has 2 aliphatic heterocycles. The van der Waals surface area contributed by atoms with Crippen LogP contribution in [0.4, 0.5) is 0 Å². The van der Waals surface area contributed by atoms with E-state index in [1.165, 1.54) is 0 Å². The van der Waals surface area contributed by atoms with Crippen molar-refractivity contribution in [3.05, 3.63) is 18.3 Å². The molecule has 2 aliphatic rings. The van der Waals surface area contributed by atoms with Crippen molar-refractivity contribution in [2.45, 2.75) is 71.2 Å². The Labute approximate surface area is 170 Å². The summed E-state index contributed by atoms with van der Waals surface area (Å²) in [5.74, 6) is 1.45. The summed E-state index contributed by atoms with van der Waals surface area (Å²) in [6, 6.07) is 3.82. The van der Waals surface area contributed by atoms with Gasteiger partial charge in [-0.15, -0.1) is 0 Å². The Hall–Kier alpha value is -1.37. The van der Waals surface area contributed by atoms with Crippen LogP contribution < -0.4 is 9.47 Å². The molecular weight excluding hydrogens is 354 g/mol. The first kappa shape index (κ1) is 21.3. The zero-order valence-electron chi connectivity index (χ0n) is 18.4. The van der Waals surface area contributed by atoms with Crippen molar-refractivity contribution in [1.82, 2.24) is 14.8 Å². The van der Waals surface area contributed by atoms with Gasteiger partial charge in [0.2, 0.25) is 5.88 Å². The zero-order chi connectivity index (χ0) is 20.4. The summed E-state index contributed by atoms with van der Waals surface area (Å²) < 4.78 is 17.6. The van der Waals surface area contributed by atoms with Crippen LogP contribution in [0, 0.1) is 0 Å². The first-order valence-corrected chi connectivity index (χ1v) is 10.5. The van der Waals surface area contributed by atoms with Crippen LogP contribution in [0.5, 0.6) is 11.6 Å². The Morgan fingerprint density at radius 3 is 2.04 bits per heavy atom. The van der Waals surface area contributed by atoms with Crippen molar-refractivity contribution < 1.29 is 14.2 Å². The number of nitrogens with zero attached hydrogens (tertiary/aromatic N) is 3. The van der Waals surface area contributed by atoms with Gasteiger partial charge in [-0.3, -0.25) is 9.80 Å². The van der Waals surface area contributed by atoms with Crippen LogP contribution in [0.25, 0.3) is 0 Å². The van der Waals surface area contributed by atoms with E-state index in [4.69, 9.17) is 14.2 Å². The zero-order valence-corrected chi connectivity index (χ0v) is 18.4. The minimum atomic E-state index is 0.212. The predicted octanol–water partition coefficient (Wildman–Crippen LogP) is 3.21. The second-order valence-electron chi connectivity index (χ2n) is 9.92. The van der Waals surface area contributed by atoms with E-state index in [2.05, 4.69) is 56.3 Å². The topological polar surface area (TPSA) is 47.1 Å². The van der Waals surface area contributed by atoms with E-state index >= 15 is 0 Å². The van der Waals surface area contributed by atoms with Crippen LogP contribution in [-0.4, -0.2) is 77.5 Å². The van der Waals surface area contributed by atoms with E-state index in [1.807, 2.05) is 12.1 Å². The lowest BCUT2D eigenvalue weighted by molar-refractivity contribution is -0.0901. The van der Waals surface area contributed by atoms with Crippen LogP contribution >= 0.6 is 0 Å². The fraction of sp³-hybridized carbons (Fsp3) is 0.773. The fourth-order valence-electron chi connectivity index (χ4n) is 3.35. The van der Waals surface area contributed by atoms with Crippen LogP contribution in [0.15, 0.2) is 18.3 Å². The molecule has 158 valence electrons. The fourth-order valence-corrected chi connectivity index (χ4v) is 3.35. The monoisotopic (exact) mass is 391 g/mol. The lowest BCUT2D eigenvalue weighted by Gasteiger charge is -2.47. The lowest BCUT2D eigenvalue weighted by atomic mass is 9.99. The van der Waals surface area contributed by atoms with Gasteiger partial charge in [-0.25, -0.2) is 4.98 Å². The molecule has 0 aromatic carbocycles. The minimum Gasteiger partial charge on any atom is -0.486 e. The van der Waals surface area contributed by atoms with E-state index in [0.717, 1.165) is 45.0 Å². The van der Waals surface area contributed by atoms with Crippen LogP contribution in [0.3, 0.4) is 0 Å². The number of ether oxygens (including phenoxy) is 3. The Morgan fingerprint density at radius 1 is 0.893 bits per heavy atom. The third kappa shape index (κ3) is 5.82. The van der Waals surface area contributed by atoms with Gasteiger partial charge in [-0.2, -0.15) is 0 Å². The smallest absolute Gasteiger partial charge is 0.213 e. The predicted molar refractivity (Wildman–Crippen MR) is 111 cm³/mol. The summed E-state index contributed by atoms with van der Waals surface area (Å²) >= 11 is 0. The Morgan fingerprint density at radius 2 is 1.50 bits per heavy atom. The van der Waals surface area contributed by atoms with Gasteiger partial charge in [-0.1, -0.05) is 0 Å². The molecule has 0 atom stereocenters. The van der Waals surface area contributed by atoms with Crippen molar-refractivity contribution >= 4 is 0 Å². The summed E-state index contributed by atoms with van der Waals surface area (Å²) in [6.07, 6.45) is 3.25. The van der Waals surface area contributed by atoms with Crippen molar-refractivity contribution in [3.8, 4) is 11.6 Å². The molecule has 28 heavy (non-hydrogen) atoms. The molecule has 0 amide bonds. The summed E-state index contributed by atoms with van der Waals surface area (Å²) in [5.41, 5.74) is 0.458. The maximum absolute atomic E-state index is 5.97. The van der Waals surface area contributed by atoms with Crippen molar-refractivity contribution in [3.63, 3.8) is 0 Å². The first-order chi connectivity index (χ1) is 13.1. The standard InChI is InChI=1S/C22H37N3O3/c1-21(2,3)24-13-18(14-24)26-10-7-11-27-20-9-8-17(12-23-20)28-19-15-25(16-19)22(4,5)6/h8-9,12,18-19H,7,10-11,13-16H2,1-6H3. The molecule has 0 spiro atoms. The SMILES string of the molecule is CC(C)(C)N1CC(OCCCOc2ccc(OC3CN(C(C)(C)C)C3)cn2)C1. The maximum Gasteiger partial charge on any atom is 0.213 e. The molecule has 6 heteroatoms. The molecule has 0 radical (unpaired) electrons. The summed E-state index contributed by atoms with van der Waals surface area (Å²) in [4.78, 5) is 9.19. The highest BCUT2D eigenvalue weighted by atomic mass is 16.5. The lowest BCUT2D eigenvalue weighted by Crippen LogP contribution is -2.60. The minimum absolute atomic E-state index is 0.212. The normalized spacial score (nSPS) is 19.9. The van der Waals surface area contributed by atoms with Gasteiger partial charge in [0.25, 0.3) is 0 Å². The van der Waals surface area contributed by atoms with Crippen LogP contribution in [0.1, 0.15) is 48.0 Å². The molecule has 6 nitrogen and oxygen atoms in total. The number of hydrogen-bond acceptors (Lipinski definition) is 6. The third-order valence-corrected chi connectivity index (χ3v) is 5.50. The third-order valence-electron chi connectivity index (χ3n) is 5.50. The van der Waals surface area contributed by atoms with Gasteiger partial charge >= 0.3 is 0 Å². The van der Waals surface area contributed by atoms with Crippen LogP contribution in [-0.2, 0) is 4.74 Å². The molecule has 2 fully saturated rings. The second kappa shape index (κ2) is 8.56. The molecule has 0 unspecified atom stereocenters. The number of likely N-dealkylation sites (tertiary alicyclic amines) is 2. The molecule has 0 saturated carbocycles. The molecule has 0 bridgehead atoms. The summed E-state index contributed by atoms with van der Waals surface area (Å²) in [5, 5.41) is 0. The quantitative estimate of drug-likeness (QED) is 0.634. The molecular formula is C22H37N3O3. The number of pyridine rings is 1. The summed E-state index contributed by atoms with van der Waals surface area (Å²) in [6.45, 7) is 18.8. The van der Waals surface area contributed by atoms with Gasteiger partial charge in [0.1, 0.15) is 11.9 Å². The largest absolute Gasteiger partial charge is 0.486 e. The molecule has 3 rings (SSSR count). The van der Waals surface area contributed by atoms with Crippen LogP contribution in [0.2, 0.25) is 0 Å². The highest BCUT2D eigenvalue weighted by Gasteiger charge is 2.36. The Balaban J connectivity index is 1.25. The van der Waals surface area contributed by atoms with Gasteiger partial charge in [-0.05, 0) is 47.6 Å². The first-order valence-electron chi connectivity index (χ1n) is 10.5. The van der Waals surface area contributed by atoms with E-state index in [9.17, 15) is 0 Å². The maximum atomic E-state index is 5.97. The van der Waals surface area contributed by atoms with E-state index < -0.39 is 0 Å². The highest BCUT2D eigenvalue weighted by Crippen LogP contribution is 2.25. The Kier molecular flexibility index (Phi) is 6.52. The molecule has 3 heterocycles. The molecule has 0 aliphatic carbocycles. The van der Waals surface area contributed by atoms with Crippen molar-refractivity contribution in [2.24, 2.45) is 0 Å². The molecule has 2 saturated heterocycles. The van der Waals surface area contributed by atoms with Crippen molar-refractivity contribution in [2.75, 3.05) is 39.4 Å². The molecule has 1 aromatic heterocycles. The van der Waals surface area contributed by atoms with Crippen molar-refractivity contribution in [1.29, 1.82) is 0 Å². The Bertz CT molecular complexity index is 609. The molecule has 0 N–H and O–H groups in total. The average molecular weight is 392 g/mol.